The predicted molar refractivity (Wildman–Crippen MR) is 102 cm³/mol. The standard InChI is InChI=1S/C22H32O4/c1-4-6-7-8-15-22(21(24)25-5-2)16-9-10-19(22)26-20(23)18-13-11-17(3)12-14-18/h11-14,19H,4-10,15-16H2,1-3H3. The van der Waals surface area contributed by atoms with Crippen LogP contribution in [0.5, 0.6) is 0 Å². The smallest absolute Gasteiger partial charge is 0.338 e. The summed E-state index contributed by atoms with van der Waals surface area (Å²) in [6, 6.07) is 7.35. The van der Waals surface area contributed by atoms with Crippen LogP contribution in [0.2, 0.25) is 0 Å². The van der Waals surface area contributed by atoms with Crippen molar-refractivity contribution in [2.45, 2.75) is 78.2 Å². The Bertz CT molecular complexity index is 593. The van der Waals surface area contributed by atoms with Gasteiger partial charge in [0.25, 0.3) is 0 Å². The molecule has 0 aliphatic heterocycles. The molecule has 0 radical (unpaired) electrons. The zero-order chi connectivity index (χ0) is 19.0. The van der Waals surface area contributed by atoms with E-state index in [1.165, 1.54) is 0 Å². The highest BCUT2D eigenvalue weighted by Crippen LogP contribution is 2.46. The molecule has 0 aromatic heterocycles. The molecule has 1 aliphatic carbocycles. The summed E-state index contributed by atoms with van der Waals surface area (Å²) >= 11 is 0. The minimum absolute atomic E-state index is 0.198. The van der Waals surface area contributed by atoms with E-state index in [9.17, 15) is 9.59 Å². The lowest BCUT2D eigenvalue weighted by Gasteiger charge is -2.32. The zero-order valence-corrected chi connectivity index (χ0v) is 16.4. The number of unbranched alkanes of at least 4 members (excludes halogenated alkanes) is 3. The van der Waals surface area contributed by atoms with Gasteiger partial charge in [0.05, 0.1) is 12.2 Å². The van der Waals surface area contributed by atoms with Gasteiger partial charge in [-0.2, -0.15) is 0 Å². The zero-order valence-electron chi connectivity index (χ0n) is 16.4. The summed E-state index contributed by atoms with van der Waals surface area (Å²) < 4.78 is 11.2. The molecule has 1 fully saturated rings. The van der Waals surface area contributed by atoms with Gasteiger partial charge in [-0.1, -0.05) is 50.3 Å². The predicted octanol–water partition coefficient (Wildman–Crippen LogP) is 5.22. The summed E-state index contributed by atoms with van der Waals surface area (Å²) in [6.45, 7) is 6.33. The van der Waals surface area contributed by atoms with E-state index in [1.54, 1.807) is 12.1 Å². The number of ether oxygens (including phenoxy) is 2. The van der Waals surface area contributed by atoms with E-state index in [-0.39, 0.29) is 11.9 Å². The molecule has 0 heterocycles. The van der Waals surface area contributed by atoms with Crippen molar-refractivity contribution < 1.29 is 19.1 Å². The lowest BCUT2D eigenvalue weighted by Crippen LogP contribution is -2.42. The Morgan fingerprint density at radius 3 is 2.50 bits per heavy atom. The fourth-order valence-electron chi connectivity index (χ4n) is 3.86. The molecule has 4 nitrogen and oxygen atoms in total. The molecular formula is C22H32O4. The van der Waals surface area contributed by atoms with E-state index >= 15 is 0 Å². The Balaban J connectivity index is 2.13. The molecule has 0 amide bonds. The number of hydrogen-bond donors (Lipinski definition) is 0. The second-order valence-electron chi connectivity index (χ2n) is 7.34. The molecule has 0 bridgehead atoms. The Morgan fingerprint density at radius 2 is 1.85 bits per heavy atom. The van der Waals surface area contributed by atoms with Crippen LogP contribution in [0.25, 0.3) is 0 Å². The van der Waals surface area contributed by atoms with Gasteiger partial charge in [0, 0.05) is 0 Å². The molecule has 1 aromatic carbocycles. The third kappa shape index (κ3) is 4.87. The van der Waals surface area contributed by atoms with Gasteiger partial charge in [-0.05, 0) is 51.7 Å². The minimum Gasteiger partial charge on any atom is -0.465 e. The molecule has 4 heteroatoms. The third-order valence-corrected chi connectivity index (χ3v) is 5.40. The van der Waals surface area contributed by atoms with Crippen molar-refractivity contribution in [3.05, 3.63) is 35.4 Å². The highest BCUT2D eigenvalue weighted by Gasteiger charge is 2.51. The van der Waals surface area contributed by atoms with Gasteiger partial charge in [-0.15, -0.1) is 0 Å². The average Bonchev–Trinajstić information content (AvgIpc) is 3.03. The van der Waals surface area contributed by atoms with E-state index in [0.29, 0.717) is 12.2 Å². The number of carbonyl (C=O) groups is 2. The second-order valence-corrected chi connectivity index (χ2v) is 7.34. The Kier molecular flexibility index (Phi) is 7.67. The van der Waals surface area contributed by atoms with E-state index in [0.717, 1.165) is 56.9 Å². The molecular weight excluding hydrogens is 328 g/mol. The monoisotopic (exact) mass is 360 g/mol. The fourth-order valence-corrected chi connectivity index (χ4v) is 3.86. The second kappa shape index (κ2) is 9.75. The van der Waals surface area contributed by atoms with Crippen LogP contribution in [0.3, 0.4) is 0 Å². The van der Waals surface area contributed by atoms with Crippen molar-refractivity contribution in [1.29, 1.82) is 0 Å². The van der Waals surface area contributed by atoms with E-state index in [2.05, 4.69) is 6.92 Å². The van der Waals surface area contributed by atoms with Gasteiger partial charge >= 0.3 is 11.9 Å². The van der Waals surface area contributed by atoms with Crippen molar-refractivity contribution in [3.8, 4) is 0 Å². The summed E-state index contributed by atoms with van der Waals surface area (Å²) in [4.78, 5) is 25.4. The molecule has 144 valence electrons. The maximum absolute atomic E-state index is 12.8. The van der Waals surface area contributed by atoms with E-state index < -0.39 is 11.5 Å². The molecule has 26 heavy (non-hydrogen) atoms. The summed E-state index contributed by atoms with van der Waals surface area (Å²) in [5.74, 6) is -0.546. The fraction of sp³-hybridized carbons (Fsp3) is 0.636. The van der Waals surface area contributed by atoms with Crippen LogP contribution in [0.4, 0.5) is 0 Å². The molecule has 2 rings (SSSR count). The normalized spacial score (nSPS) is 22.2. The molecule has 2 atom stereocenters. The van der Waals surface area contributed by atoms with Gasteiger partial charge in [0.2, 0.25) is 0 Å². The minimum atomic E-state index is -0.676. The maximum atomic E-state index is 12.8. The van der Waals surface area contributed by atoms with Crippen LogP contribution in [-0.4, -0.2) is 24.6 Å². The molecule has 0 N–H and O–H groups in total. The molecule has 1 saturated carbocycles. The number of aryl methyl sites for hydroxylation is 1. The first-order valence-electron chi connectivity index (χ1n) is 9.98. The lowest BCUT2D eigenvalue weighted by atomic mass is 9.78. The van der Waals surface area contributed by atoms with Crippen molar-refractivity contribution in [3.63, 3.8) is 0 Å². The van der Waals surface area contributed by atoms with Crippen molar-refractivity contribution in [2.24, 2.45) is 5.41 Å². The number of rotatable bonds is 9. The quantitative estimate of drug-likeness (QED) is 0.447. The summed E-state index contributed by atoms with van der Waals surface area (Å²) in [5, 5.41) is 0. The summed E-state index contributed by atoms with van der Waals surface area (Å²) in [6.07, 6.45) is 7.06. The molecule has 0 spiro atoms. The maximum Gasteiger partial charge on any atom is 0.338 e. The van der Waals surface area contributed by atoms with Crippen molar-refractivity contribution in [1.82, 2.24) is 0 Å². The first-order valence-corrected chi connectivity index (χ1v) is 9.98. The van der Waals surface area contributed by atoms with Gasteiger partial charge in [0.15, 0.2) is 0 Å². The van der Waals surface area contributed by atoms with Crippen LogP contribution in [0, 0.1) is 12.3 Å². The van der Waals surface area contributed by atoms with Crippen LogP contribution in [0.15, 0.2) is 24.3 Å². The highest BCUT2D eigenvalue weighted by atomic mass is 16.6. The summed E-state index contributed by atoms with van der Waals surface area (Å²) in [7, 11) is 0. The molecule has 1 aliphatic rings. The van der Waals surface area contributed by atoms with E-state index in [1.807, 2.05) is 26.0 Å². The van der Waals surface area contributed by atoms with Crippen molar-refractivity contribution in [2.75, 3.05) is 6.61 Å². The number of hydrogen-bond acceptors (Lipinski definition) is 4. The van der Waals surface area contributed by atoms with Crippen LogP contribution < -0.4 is 0 Å². The van der Waals surface area contributed by atoms with Gasteiger partial charge in [-0.3, -0.25) is 4.79 Å². The van der Waals surface area contributed by atoms with Gasteiger partial charge in [-0.25, -0.2) is 4.79 Å². The number of esters is 2. The number of benzene rings is 1. The summed E-state index contributed by atoms with van der Waals surface area (Å²) in [5.41, 5.74) is 0.954. The highest BCUT2D eigenvalue weighted by molar-refractivity contribution is 5.90. The third-order valence-electron chi connectivity index (χ3n) is 5.40. The van der Waals surface area contributed by atoms with Crippen LogP contribution in [0.1, 0.15) is 81.1 Å². The Labute approximate surface area is 157 Å². The van der Waals surface area contributed by atoms with Crippen LogP contribution >= 0.6 is 0 Å². The first kappa shape index (κ1) is 20.5. The van der Waals surface area contributed by atoms with Crippen molar-refractivity contribution >= 4 is 11.9 Å². The van der Waals surface area contributed by atoms with Gasteiger partial charge < -0.3 is 9.47 Å². The Hall–Kier alpha value is -1.84. The number of carbonyl (C=O) groups excluding carboxylic acids is 2. The van der Waals surface area contributed by atoms with Gasteiger partial charge in [0.1, 0.15) is 11.5 Å². The molecule has 2 unspecified atom stereocenters. The lowest BCUT2D eigenvalue weighted by molar-refractivity contribution is -0.162. The average molecular weight is 360 g/mol. The molecule has 0 saturated heterocycles. The Morgan fingerprint density at radius 1 is 1.12 bits per heavy atom. The largest absolute Gasteiger partial charge is 0.465 e. The van der Waals surface area contributed by atoms with E-state index in [4.69, 9.17) is 9.47 Å². The van der Waals surface area contributed by atoms with Crippen LogP contribution in [-0.2, 0) is 14.3 Å². The molecule has 1 aromatic rings. The SMILES string of the molecule is CCCCCCC1(C(=O)OCC)CCCC1OC(=O)c1ccc(C)cc1. The first-order chi connectivity index (χ1) is 12.5. The topological polar surface area (TPSA) is 52.6 Å².